The Morgan fingerprint density at radius 1 is 1.36 bits per heavy atom. The van der Waals surface area contributed by atoms with Crippen LogP contribution in [-0.2, 0) is 16.1 Å². The molecule has 0 aliphatic heterocycles. The van der Waals surface area contributed by atoms with Gasteiger partial charge in [0.1, 0.15) is 0 Å². The molecule has 22 heavy (non-hydrogen) atoms. The third-order valence-corrected chi connectivity index (χ3v) is 3.23. The lowest BCUT2D eigenvalue weighted by Crippen LogP contribution is -2.07. The molecule has 4 heteroatoms. The van der Waals surface area contributed by atoms with Gasteiger partial charge in [0.25, 0.3) is 0 Å². The summed E-state index contributed by atoms with van der Waals surface area (Å²) in [5.74, 6) is 1.92. The lowest BCUT2D eigenvalue weighted by atomic mass is 10.1. The summed E-state index contributed by atoms with van der Waals surface area (Å²) in [6.45, 7) is 4.29. The van der Waals surface area contributed by atoms with Crippen molar-refractivity contribution in [3.05, 3.63) is 60.2 Å². The van der Waals surface area contributed by atoms with Crippen LogP contribution in [-0.4, -0.2) is 24.6 Å². The average molecular weight is 364 g/mol. The second-order valence-electron chi connectivity index (χ2n) is 4.80. The van der Waals surface area contributed by atoms with Gasteiger partial charge in [-0.25, -0.2) is 4.79 Å². The molecule has 0 amide bonds. The van der Waals surface area contributed by atoms with Crippen molar-refractivity contribution in [3.63, 3.8) is 0 Å². The standard InChI is InChI=1S/C17H19NO2.CH3Br/c1-3-14(17(19)20-2)11-16(15-9-10-15)18-12-13-7-5-4-6-8-13;1-2/h3-8,11,15H,1,9-10,12H2,2H3;1H3/b14-11+,18-16?;. The largest absolute Gasteiger partial charge is 0.465 e. The van der Waals surface area contributed by atoms with Crippen molar-refractivity contribution in [3.8, 4) is 0 Å². The van der Waals surface area contributed by atoms with Gasteiger partial charge in [0, 0.05) is 11.6 Å². The number of aliphatic imine (C=N–C) groups is 1. The first kappa shape index (κ1) is 18.4. The molecule has 0 unspecified atom stereocenters. The topological polar surface area (TPSA) is 38.7 Å². The van der Waals surface area contributed by atoms with E-state index in [0.29, 0.717) is 18.0 Å². The molecule has 1 aromatic carbocycles. The van der Waals surface area contributed by atoms with Gasteiger partial charge < -0.3 is 4.74 Å². The Kier molecular flexibility index (Phi) is 8.44. The molecule has 0 heterocycles. The molecule has 1 fully saturated rings. The fourth-order valence-corrected chi connectivity index (χ4v) is 1.92. The Morgan fingerprint density at radius 2 is 2.00 bits per heavy atom. The number of esters is 1. The second-order valence-corrected chi connectivity index (χ2v) is 4.80. The van der Waals surface area contributed by atoms with Crippen molar-refractivity contribution in [2.45, 2.75) is 19.4 Å². The van der Waals surface area contributed by atoms with Crippen molar-refractivity contribution < 1.29 is 9.53 Å². The molecule has 0 bridgehead atoms. The highest BCUT2D eigenvalue weighted by atomic mass is 79.9. The van der Waals surface area contributed by atoms with Crippen LogP contribution in [0.5, 0.6) is 0 Å². The first-order chi connectivity index (χ1) is 10.7. The molecule has 3 nitrogen and oxygen atoms in total. The number of hydrogen-bond acceptors (Lipinski definition) is 3. The Hall–Kier alpha value is -1.68. The molecule has 1 aliphatic carbocycles. The zero-order chi connectivity index (χ0) is 16.4. The van der Waals surface area contributed by atoms with Crippen LogP contribution in [0.15, 0.2) is 59.6 Å². The van der Waals surface area contributed by atoms with Crippen molar-refractivity contribution >= 4 is 27.6 Å². The highest BCUT2D eigenvalue weighted by Gasteiger charge is 2.26. The Morgan fingerprint density at radius 3 is 2.50 bits per heavy atom. The lowest BCUT2D eigenvalue weighted by molar-refractivity contribution is -0.135. The molecule has 2 rings (SSSR count). The zero-order valence-electron chi connectivity index (χ0n) is 13.1. The number of ether oxygens (including phenoxy) is 1. The normalized spacial score (nSPS) is 14.7. The first-order valence-electron chi connectivity index (χ1n) is 7.13. The summed E-state index contributed by atoms with van der Waals surface area (Å²) in [6.07, 6.45) is 5.59. The van der Waals surface area contributed by atoms with Crippen molar-refractivity contribution in [1.29, 1.82) is 0 Å². The van der Waals surface area contributed by atoms with E-state index in [4.69, 9.17) is 4.74 Å². The summed E-state index contributed by atoms with van der Waals surface area (Å²) in [4.78, 5) is 16.2. The lowest BCUT2D eigenvalue weighted by Gasteiger charge is -2.03. The smallest absolute Gasteiger partial charge is 0.337 e. The molecule has 118 valence electrons. The maximum Gasteiger partial charge on any atom is 0.337 e. The number of carbonyl (C=O) groups excluding carboxylic acids is 1. The van der Waals surface area contributed by atoms with Gasteiger partial charge in [-0.05, 0) is 30.3 Å². The number of nitrogens with zero attached hydrogens (tertiary/aromatic N) is 1. The highest BCUT2D eigenvalue weighted by molar-refractivity contribution is 9.08. The SMILES string of the molecule is C=C/C(=C\C(=NCc1ccccc1)C1CC1)C(=O)OC.CBr. The van der Waals surface area contributed by atoms with Crippen molar-refractivity contribution in [1.82, 2.24) is 0 Å². The van der Waals surface area contributed by atoms with E-state index in [-0.39, 0.29) is 5.97 Å². The van der Waals surface area contributed by atoms with E-state index < -0.39 is 0 Å². The molecule has 0 N–H and O–H groups in total. The summed E-state index contributed by atoms with van der Waals surface area (Å²) in [5, 5.41) is 0. The number of hydrogen-bond donors (Lipinski definition) is 0. The molecule has 1 saturated carbocycles. The predicted molar refractivity (Wildman–Crippen MR) is 95.5 cm³/mol. The fourth-order valence-electron chi connectivity index (χ4n) is 1.92. The van der Waals surface area contributed by atoms with Crippen molar-refractivity contribution in [2.24, 2.45) is 10.9 Å². The van der Waals surface area contributed by atoms with E-state index in [1.54, 1.807) is 6.08 Å². The second kappa shape index (κ2) is 10.1. The highest BCUT2D eigenvalue weighted by Crippen LogP contribution is 2.32. The van der Waals surface area contributed by atoms with Gasteiger partial charge >= 0.3 is 5.97 Å². The van der Waals surface area contributed by atoms with Gasteiger partial charge in [-0.2, -0.15) is 0 Å². The summed E-state index contributed by atoms with van der Waals surface area (Å²) >= 11 is 2.94. The van der Waals surface area contributed by atoms with E-state index in [1.165, 1.54) is 13.2 Å². The molecule has 1 aliphatic rings. The number of halogens is 1. The van der Waals surface area contributed by atoms with E-state index >= 15 is 0 Å². The van der Waals surface area contributed by atoms with E-state index in [0.717, 1.165) is 24.1 Å². The van der Waals surface area contributed by atoms with Crippen LogP contribution >= 0.6 is 15.9 Å². The first-order valence-corrected chi connectivity index (χ1v) is 8.71. The van der Waals surface area contributed by atoms with Crippen LogP contribution in [0.4, 0.5) is 0 Å². The van der Waals surface area contributed by atoms with Crippen LogP contribution in [0.25, 0.3) is 0 Å². The van der Waals surface area contributed by atoms with Crippen LogP contribution in [0, 0.1) is 5.92 Å². The quantitative estimate of drug-likeness (QED) is 0.248. The van der Waals surface area contributed by atoms with Gasteiger partial charge in [-0.1, -0.05) is 58.9 Å². The minimum absolute atomic E-state index is 0.368. The number of methoxy groups -OCH3 is 1. The molecule has 0 radical (unpaired) electrons. The monoisotopic (exact) mass is 363 g/mol. The number of benzene rings is 1. The number of carbonyl (C=O) groups is 1. The molecule has 0 spiro atoms. The van der Waals surface area contributed by atoms with E-state index in [2.05, 4.69) is 27.5 Å². The summed E-state index contributed by atoms with van der Waals surface area (Å²) in [7, 11) is 1.37. The third-order valence-electron chi connectivity index (χ3n) is 3.23. The van der Waals surface area contributed by atoms with Gasteiger partial charge in [0.2, 0.25) is 0 Å². The summed E-state index contributed by atoms with van der Waals surface area (Å²) < 4.78 is 4.73. The minimum Gasteiger partial charge on any atom is -0.465 e. The molecular weight excluding hydrogens is 342 g/mol. The van der Waals surface area contributed by atoms with Crippen LogP contribution in [0.2, 0.25) is 0 Å². The summed E-state index contributed by atoms with van der Waals surface area (Å²) in [5.41, 5.74) is 2.60. The van der Waals surface area contributed by atoms with E-state index in [9.17, 15) is 4.79 Å². The molecular formula is C18H22BrNO2. The molecule has 0 saturated heterocycles. The maximum absolute atomic E-state index is 11.6. The van der Waals surface area contributed by atoms with Crippen LogP contribution in [0.3, 0.4) is 0 Å². The Bertz CT molecular complexity index is 545. The van der Waals surface area contributed by atoms with Crippen LogP contribution in [0.1, 0.15) is 18.4 Å². The predicted octanol–water partition coefficient (Wildman–Crippen LogP) is 4.33. The fraction of sp³-hybridized carbons (Fsp3) is 0.333. The number of alkyl halides is 1. The average Bonchev–Trinajstić information content (AvgIpc) is 3.42. The number of rotatable bonds is 6. The minimum atomic E-state index is -0.368. The molecule has 0 aromatic heterocycles. The zero-order valence-corrected chi connectivity index (χ0v) is 14.7. The summed E-state index contributed by atoms with van der Waals surface area (Å²) in [6, 6.07) is 10.1. The van der Waals surface area contributed by atoms with E-state index in [1.807, 2.05) is 36.2 Å². The third kappa shape index (κ3) is 5.98. The molecule has 0 atom stereocenters. The van der Waals surface area contributed by atoms with Crippen molar-refractivity contribution in [2.75, 3.05) is 12.9 Å². The number of allylic oxidation sites excluding steroid dienone is 1. The van der Waals surface area contributed by atoms with Crippen LogP contribution < -0.4 is 0 Å². The van der Waals surface area contributed by atoms with Gasteiger partial charge in [-0.15, -0.1) is 0 Å². The van der Waals surface area contributed by atoms with Gasteiger partial charge in [0.15, 0.2) is 0 Å². The maximum atomic E-state index is 11.6. The van der Waals surface area contributed by atoms with Gasteiger partial charge in [-0.3, -0.25) is 4.99 Å². The Balaban J connectivity index is 0.00000116. The molecule has 1 aromatic rings. The Labute approximate surface area is 140 Å². The van der Waals surface area contributed by atoms with Gasteiger partial charge in [0.05, 0.1) is 19.2 Å².